The van der Waals surface area contributed by atoms with Crippen molar-refractivity contribution in [1.29, 1.82) is 0 Å². The third-order valence-corrected chi connectivity index (χ3v) is 5.50. The van der Waals surface area contributed by atoms with Crippen LogP contribution >= 0.6 is 0 Å². The third-order valence-electron chi connectivity index (χ3n) is 5.50. The highest BCUT2D eigenvalue weighted by Crippen LogP contribution is 2.41. The molecule has 0 radical (unpaired) electrons. The van der Waals surface area contributed by atoms with Crippen molar-refractivity contribution < 1.29 is 13.2 Å². The molecule has 0 unspecified atom stereocenters. The molecule has 1 aromatic carbocycles. The number of hydrogen-bond donors (Lipinski definition) is 2. The minimum Gasteiger partial charge on any atom is -0.370 e. The average molecular weight is 467 g/mol. The number of alkyl halides is 3. The highest BCUT2D eigenvalue weighted by Gasteiger charge is 2.34. The largest absolute Gasteiger partial charge is 0.418 e. The smallest absolute Gasteiger partial charge is 0.370 e. The van der Waals surface area contributed by atoms with E-state index < -0.39 is 11.7 Å². The summed E-state index contributed by atoms with van der Waals surface area (Å²) in [5, 5.41) is 15.8. The van der Waals surface area contributed by atoms with Gasteiger partial charge in [0.25, 0.3) is 0 Å². The van der Waals surface area contributed by atoms with Crippen molar-refractivity contribution in [3.05, 3.63) is 48.5 Å². The lowest BCUT2D eigenvalue weighted by molar-refractivity contribution is -0.136. The first kappa shape index (κ1) is 21.6. The van der Waals surface area contributed by atoms with Crippen LogP contribution in [0, 0.1) is 0 Å². The molecule has 0 spiro atoms. The highest BCUT2D eigenvalue weighted by atomic mass is 19.4. The van der Waals surface area contributed by atoms with E-state index in [4.69, 9.17) is 0 Å². The minimum atomic E-state index is -4.53. The van der Waals surface area contributed by atoms with Gasteiger partial charge in [0.15, 0.2) is 5.82 Å². The molecule has 9 nitrogen and oxygen atoms in total. The predicted molar refractivity (Wildman–Crippen MR) is 121 cm³/mol. The molecule has 4 aromatic heterocycles. The summed E-state index contributed by atoms with van der Waals surface area (Å²) in [6.07, 6.45) is 0.362. The van der Waals surface area contributed by atoms with Gasteiger partial charge in [-0.3, -0.25) is 4.68 Å². The van der Waals surface area contributed by atoms with Crippen molar-refractivity contribution in [1.82, 2.24) is 39.5 Å². The van der Waals surface area contributed by atoms with E-state index in [-0.39, 0.29) is 16.9 Å². The molecule has 0 saturated heterocycles. The molecule has 174 valence electrons. The Balaban J connectivity index is 1.80. The summed E-state index contributed by atoms with van der Waals surface area (Å²) >= 11 is 0. The summed E-state index contributed by atoms with van der Waals surface area (Å²) in [5.74, 6) is 1.34. The van der Waals surface area contributed by atoms with Crippen LogP contribution in [0.15, 0.2) is 43.0 Å². The van der Waals surface area contributed by atoms with Gasteiger partial charge in [-0.05, 0) is 25.1 Å². The number of nitrogens with zero attached hydrogens (tertiary/aromatic N) is 7. The van der Waals surface area contributed by atoms with Crippen LogP contribution in [0.25, 0.3) is 45.1 Å². The quantitative estimate of drug-likeness (QED) is 0.400. The molecule has 0 fully saturated rings. The van der Waals surface area contributed by atoms with Crippen LogP contribution in [0.4, 0.5) is 19.0 Å². The second-order valence-electron chi connectivity index (χ2n) is 7.69. The van der Waals surface area contributed by atoms with Gasteiger partial charge in [0.2, 0.25) is 0 Å². The van der Waals surface area contributed by atoms with E-state index in [0.717, 1.165) is 6.07 Å². The van der Waals surface area contributed by atoms with Crippen molar-refractivity contribution in [2.45, 2.75) is 13.1 Å². The van der Waals surface area contributed by atoms with Gasteiger partial charge in [-0.25, -0.2) is 9.97 Å². The number of H-pyrrole nitrogens is 1. The number of imidazole rings is 1. The van der Waals surface area contributed by atoms with Gasteiger partial charge >= 0.3 is 6.18 Å². The van der Waals surface area contributed by atoms with Crippen molar-refractivity contribution in [2.24, 2.45) is 14.1 Å². The summed E-state index contributed by atoms with van der Waals surface area (Å²) in [5.41, 5.74) is 1.94. The number of nitrogens with one attached hydrogen (secondary N) is 2. The van der Waals surface area contributed by atoms with Crippen LogP contribution < -0.4 is 5.32 Å². The third kappa shape index (κ3) is 3.47. The maximum Gasteiger partial charge on any atom is 0.418 e. The SMILES string of the molecule is CCNc1nccc(-c2c(-c3nncn3C)cnn2C)c1-c1nc2c(C(F)(F)F)cccc2[nH]1. The number of benzene rings is 1. The van der Waals surface area contributed by atoms with Gasteiger partial charge in [0, 0.05) is 32.4 Å². The molecule has 2 N–H and O–H groups in total. The Morgan fingerprint density at radius 2 is 1.94 bits per heavy atom. The molecule has 0 aliphatic rings. The van der Waals surface area contributed by atoms with Crippen molar-refractivity contribution in [2.75, 3.05) is 11.9 Å². The van der Waals surface area contributed by atoms with Gasteiger partial charge in [-0.2, -0.15) is 18.3 Å². The van der Waals surface area contributed by atoms with E-state index in [9.17, 15) is 13.2 Å². The van der Waals surface area contributed by atoms with E-state index in [1.165, 1.54) is 6.07 Å². The zero-order valence-electron chi connectivity index (χ0n) is 18.5. The lowest BCUT2D eigenvalue weighted by Crippen LogP contribution is -2.06. The standard InChI is InChI=1S/C22H20F3N9/c1-4-26-19-16(20-30-15-7-5-6-14(17(15)31-20)22(23,24)25)12(8-9-27-19)18-13(10-29-34(18)3)21-32-28-11-33(21)2/h5-11H,4H2,1-3H3,(H,26,27)(H,30,31). The predicted octanol–water partition coefficient (Wildman–Crippen LogP) is 4.27. The van der Waals surface area contributed by atoms with Crippen LogP contribution in [0.5, 0.6) is 0 Å². The van der Waals surface area contributed by atoms with Gasteiger partial charge in [-0.15, -0.1) is 10.2 Å². The molecule has 34 heavy (non-hydrogen) atoms. The number of aromatic amines is 1. The lowest BCUT2D eigenvalue weighted by atomic mass is 10.0. The molecule has 5 rings (SSSR count). The van der Waals surface area contributed by atoms with Crippen LogP contribution in [0.1, 0.15) is 12.5 Å². The van der Waals surface area contributed by atoms with E-state index >= 15 is 0 Å². The Kier molecular flexibility index (Phi) is 5.07. The number of anilines is 1. The molecule has 0 amide bonds. The van der Waals surface area contributed by atoms with Crippen LogP contribution in [-0.2, 0) is 20.3 Å². The first-order valence-electron chi connectivity index (χ1n) is 10.5. The Morgan fingerprint density at radius 3 is 2.65 bits per heavy atom. The molecule has 4 heterocycles. The van der Waals surface area contributed by atoms with Crippen molar-refractivity contribution in [3.63, 3.8) is 0 Å². The second kappa shape index (κ2) is 7.97. The Labute approximate surface area is 191 Å². The van der Waals surface area contributed by atoms with Gasteiger partial charge in [-0.1, -0.05) is 6.07 Å². The Hall–Kier alpha value is -4.22. The molecule has 12 heteroatoms. The summed E-state index contributed by atoms with van der Waals surface area (Å²) in [6.45, 7) is 2.46. The molecular formula is C22H20F3N9. The Bertz CT molecular complexity index is 1490. The van der Waals surface area contributed by atoms with E-state index in [2.05, 4.69) is 35.6 Å². The fraction of sp³-hybridized carbons (Fsp3) is 0.227. The second-order valence-corrected chi connectivity index (χ2v) is 7.69. The summed E-state index contributed by atoms with van der Waals surface area (Å²) in [7, 11) is 3.61. The fourth-order valence-electron chi connectivity index (χ4n) is 4.03. The van der Waals surface area contributed by atoms with Crippen LogP contribution in [-0.4, -0.2) is 46.0 Å². The summed E-state index contributed by atoms with van der Waals surface area (Å²) in [4.78, 5) is 11.9. The van der Waals surface area contributed by atoms with Gasteiger partial charge in [0.05, 0.1) is 34.1 Å². The number of para-hydroxylation sites is 1. The topological polar surface area (TPSA) is 102 Å². The van der Waals surface area contributed by atoms with Gasteiger partial charge < -0.3 is 14.9 Å². The van der Waals surface area contributed by atoms with E-state index in [0.29, 0.717) is 40.6 Å². The number of rotatable bonds is 5. The monoisotopic (exact) mass is 467 g/mol. The van der Waals surface area contributed by atoms with E-state index in [1.807, 2.05) is 14.0 Å². The molecule has 0 atom stereocenters. The maximum atomic E-state index is 13.6. The number of pyridine rings is 1. The number of aromatic nitrogens is 8. The first-order valence-corrected chi connectivity index (χ1v) is 10.5. The summed E-state index contributed by atoms with van der Waals surface area (Å²) in [6, 6.07) is 5.73. The minimum absolute atomic E-state index is 0.152. The molecule has 0 aliphatic carbocycles. The van der Waals surface area contributed by atoms with Crippen LogP contribution in [0.3, 0.4) is 0 Å². The molecule has 0 aliphatic heterocycles. The fourth-order valence-corrected chi connectivity index (χ4v) is 4.03. The molecule has 5 aromatic rings. The molecule has 0 saturated carbocycles. The normalized spacial score (nSPS) is 11.9. The van der Waals surface area contributed by atoms with Gasteiger partial charge in [0.1, 0.15) is 23.5 Å². The van der Waals surface area contributed by atoms with E-state index in [1.54, 1.807) is 47.2 Å². The molecular weight excluding hydrogens is 447 g/mol. The Morgan fingerprint density at radius 1 is 1.12 bits per heavy atom. The van der Waals surface area contributed by atoms with Crippen molar-refractivity contribution in [3.8, 4) is 34.0 Å². The molecule has 0 bridgehead atoms. The number of hydrogen-bond acceptors (Lipinski definition) is 6. The maximum absolute atomic E-state index is 13.6. The lowest BCUT2D eigenvalue weighted by Gasteiger charge is -2.14. The zero-order valence-corrected chi connectivity index (χ0v) is 18.5. The number of aryl methyl sites for hydroxylation is 2. The van der Waals surface area contributed by atoms with Crippen LogP contribution in [0.2, 0.25) is 0 Å². The summed E-state index contributed by atoms with van der Waals surface area (Å²) < 4.78 is 44.3. The average Bonchev–Trinajstić information content (AvgIpc) is 3.50. The first-order chi connectivity index (χ1) is 16.3. The highest BCUT2D eigenvalue weighted by molar-refractivity contribution is 5.94. The van der Waals surface area contributed by atoms with Crippen molar-refractivity contribution >= 4 is 16.9 Å². The zero-order chi connectivity index (χ0) is 24.0. The number of halogens is 3. The number of fused-ring (bicyclic) bond motifs is 1.